The van der Waals surface area contributed by atoms with E-state index in [2.05, 4.69) is 15.0 Å². The number of amides is 2. The number of aromatic nitrogens is 1. The van der Waals surface area contributed by atoms with E-state index in [-0.39, 0.29) is 11.8 Å². The average Bonchev–Trinajstić information content (AvgIpc) is 3.01. The Morgan fingerprint density at radius 3 is 2.16 bits per heavy atom. The molecule has 0 spiro atoms. The molecular weight excluding hydrogens is 322 g/mol. The van der Waals surface area contributed by atoms with Crippen LogP contribution in [-0.2, 0) is 16.1 Å². The number of carbonyl (C=O) groups excluding carboxylic acids is 2. The molecule has 3 heterocycles. The normalized spacial score (nSPS) is 20.1. The molecule has 2 saturated heterocycles. The van der Waals surface area contributed by atoms with Crippen LogP contribution in [0.25, 0.3) is 0 Å². The van der Waals surface area contributed by atoms with E-state index in [9.17, 15) is 9.59 Å². The van der Waals surface area contributed by atoms with Crippen LogP contribution in [0.3, 0.4) is 0 Å². The summed E-state index contributed by atoms with van der Waals surface area (Å²) >= 11 is 0. The maximum absolute atomic E-state index is 12.5. The van der Waals surface area contributed by atoms with Crippen molar-refractivity contribution in [1.82, 2.24) is 24.8 Å². The maximum atomic E-state index is 12.5. The molecule has 3 rings (SSSR count). The number of hydrogen-bond donors (Lipinski definition) is 0. The third-order valence-electron chi connectivity index (χ3n) is 4.96. The Morgan fingerprint density at radius 1 is 1.00 bits per heavy atom. The van der Waals surface area contributed by atoms with Crippen molar-refractivity contribution in [2.75, 3.05) is 58.9 Å². The van der Waals surface area contributed by atoms with E-state index >= 15 is 0 Å². The van der Waals surface area contributed by atoms with Crippen molar-refractivity contribution in [2.24, 2.45) is 0 Å². The quantitative estimate of drug-likeness (QED) is 0.749. The van der Waals surface area contributed by atoms with Gasteiger partial charge < -0.3 is 14.3 Å². The largest absolute Gasteiger partial charge is 0.360 e. The van der Waals surface area contributed by atoms with Crippen LogP contribution < -0.4 is 0 Å². The lowest BCUT2D eigenvalue weighted by Crippen LogP contribution is -2.54. The second kappa shape index (κ2) is 7.97. The lowest BCUT2D eigenvalue weighted by atomic mass is 10.2. The molecule has 0 radical (unpaired) electrons. The Labute approximate surface area is 148 Å². The molecule has 0 unspecified atom stereocenters. The van der Waals surface area contributed by atoms with E-state index in [1.165, 1.54) is 0 Å². The molecule has 0 aliphatic carbocycles. The van der Waals surface area contributed by atoms with Gasteiger partial charge in [0.05, 0.1) is 18.8 Å². The summed E-state index contributed by atoms with van der Waals surface area (Å²) in [5.74, 6) is 1.15. The standard InChI is InChI=1S/C17H27N5O3/c1-14-11-16(25-18-14)12-19-3-5-20(6-4-19)13-17(24)22-9-7-21(8-10-22)15(2)23/h11H,3-10,12-13H2,1-2H3. The first kappa shape index (κ1) is 17.9. The SMILES string of the molecule is CC(=O)N1CCN(C(=O)CN2CCN(Cc3cc(C)no3)CC2)CC1. The molecule has 2 amide bonds. The average molecular weight is 349 g/mol. The molecule has 1 aromatic heterocycles. The van der Waals surface area contributed by atoms with Gasteiger partial charge in [0.15, 0.2) is 5.76 Å². The highest BCUT2D eigenvalue weighted by atomic mass is 16.5. The van der Waals surface area contributed by atoms with Crippen LogP contribution >= 0.6 is 0 Å². The molecule has 2 aliphatic rings. The number of carbonyl (C=O) groups is 2. The minimum atomic E-state index is 0.0881. The molecule has 138 valence electrons. The summed E-state index contributed by atoms with van der Waals surface area (Å²) in [4.78, 5) is 32.0. The number of piperazine rings is 2. The zero-order valence-corrected chi connectivity index (χ0v) is 15.1. The number of hydrogen-bond acceptors (Lipinski definition) is 6. The van der Waals surface area contributed by atoms with Crippen molar-refractivity contribution in [3.05, 3.63) is 17.5 Å². The molecule has 0 N–H and O–H groups in total. The fraction of sp³-hybridized carbons (Fsp3) is 0.706. The summed E-state index contributed by atoms with van der Waals surface area (Å²) in [6, 6.07) is 1.97. The third-order valence-corrected chi connectivity index (χ3v) is 4.96. The predicted octanol–water partition coefficient (Wildman–Crippen LogP) is -0.209. The van der Waals surface area contributed by atoms with Gasteiger partial charge in [0.2, 0.25) is 11.8 Å². The van der Waals surface area contributed by atoms with Gasteiger partial charge in [-0.15, -0.1) is 0 Å². The summed E-state index contributed by atoms with van der Waals surface area (Å²) in [5, 5.41) is 3.92. The molecule has 2 aliphatic heterocycles. The van der Waals surface area contributed by atoms with Crippen LogP contribution in [0.2, 0.25) is 0 Å². The molecule has 25 heavy (non-hydrogen) atoms. The first-order valence-corrected chi connectivity index (χ1v) is 8.91. The van der Waals surface area contributed by atoms with E-state index in [0.717, 1.165) is 44.2 Å². The van der Waals surface area contributed by atoms with Crippen LogP contribution in [0.15, 0.2) is 10.6 Å². The highest BCUT2D eigenvalue weighted by molar-refractivity contribution is 5.79. The van der Waals surface area contributed by atoms with Crippen molar-refractivity contribution < 1.29 is 14.1 Å². The van der Waals surface area contributed by atoms with E-state index in [1.54, 1.807) is 11.8 Å². The minimum Gasteiger partial charge on any atom is -0.360 e. The summed E-state index contributed by atoms with van der Waals surface area (Å²) in [5.41, 5.74) is 0.907. The lowest BCUT2D eigenvalue weighted by molar-refractivity contribution is -0.139. The van der Waals surface area contributed by atoms with Crippen molar-refractivity contribution in [1.29, 1.82) is 0 Å². The van der Waals surface area contributed by atoms with Gasteiger partial charge in [-0.05, 0) is 6.92 Å². The Morgan fingerprint density at radius 2 is 1.60 bits per heavy atom. The molecule has 0 aromatic carbocycles. The number of aryl methyl sites for hydroxylation is 1. The van der Waals surface area contributed by atoms with Gasteiger partial charge in [-0.2, -0.15) is 0 Å². The topological polar surface area (TPSA) is 73.1 Å². The first-order chi connectivity index (χ1) is 12.0. The van der Waals surface area contributed by atoms with Gasteiger partial charge in [0, 0.05) is 65.3 Å². The predicted molar refractivity (Wildman–Crippen MR) is 91.8 cm³/mol. The first-order valence-electron chi connectivity index (χ1n) is 8.91. The monoisotopic (exact) mass is 349 g/mol. The second-order valence-corrected chi connectivity index (χ2v) is 6.87. The maximum Gasteiger partial charge on any atom is 0.236 e. The summed E-state index contributed by atoms with van der Waals surface area (Å²) < 4.78 is 5.27. The van der Waals surface area contributed by atoms with Crippen molar-refractivity contribution in [2.45, 2.75) is 20.4 Å². The van der Waals surface area contributed by atoms with Crippen LogP contribution in [-0.4, -0.2) is 95.5 Å². The van der Waals surface area contributed by atoms with Gasteiger partial charge in [0.1, 0.15) is 0 Å². The van der Waals surface area contributed by atoms with Gasteiger partial charge >= 0.3 is 0 Å². The zero-order chi connectivity index (χ0) is 17.8. The smallest absolute Gasteiger partial charge is 0.236 e. The van der Waals surface area contributed by atoms with Crippen molar-refractivity contribution in [3.63, 3.8) is 0 Å². The Hall–Kier alpha value is -1.93. The van der Waals surface area contributed by atoms with E-state index < -0.39 is 0 Å². The Bertz CT molecular complexity index is 601. The zero-order valence-electron chi connectivity index (χ0n) is 15.1. The van der Waals surface area contributed by atoms with E-state index in [0.29, 0.717) is 32.7 Å². The highest BCUT2D eigenvalue weighted by Gasteiger charge is 2.25. The lowest BCUT2D eigenvalue weighted by Gasteiger charge is -2.37. The van der Waals surface area contributed by atoms with E-state index in [4.69, 9.17) is 4.52 Å². The fourth-order valence-corrected chi connectivity index (χ4v) is 3.38. The Kier molecular flexibility index (Phi) is 5.70. The molecule has 8 nitrogen and oxygen atoms in total. The van der Waals surface area contributed by atoms with Crippen LogP contribution in [0.1, 0.15) is 18.4 Å². The fourth-order valence-electron chi connectivity index (χ4n) is 3.38. The van der Waals surface area contributed by atoms with Crippen LogP contribution in [0.5, 0.6) is 0 Å². The molecule has 0 atom stereocenters. The molecule has 0 bridgehead atoms. The van der Waals surface area contributed by atoms with Crippen LogP contribution in [0, 0.1) is 6.92 Å². The van der Waals surface area contributed by atoms with Gasteiger partial charge in [-0.25, -0.2) is 0 Å². The number of rotatable bonds is 4. The molecular formula is C17H27N5O3. The van der Waals surface area contributed by atoms with Crippen molar-refractivity contribution >= 4 is 11.8 Å². The summed E-state index contributed by atoms with van der Waals surface area (Å²) in [6.07, 6.45) is 0. The summed E-state index contributed by atoms with van der Waals surface area (Å²) in [6.45, 7) is 10.9. The van der Waals surface area contributed by atoms with E-state index in [1.807, 2.05) is 17.9 Å². The minimum absolute atomic E-state index is 0.0881. The second-order valence-electron chi connectivity index (χ2n) is 6.87. The van der Waals surface area contributed by atoms with Crippen LogP contribution in [0.4, 0.5) is 0 Å². The molecule has 0 saturated carbocycles. The molecule has 8 heteroatoms. The van der Waals surface area contributed by atoms with Crippen molar-refractivity contribution in [3.8, 4) is 0 Å². The van der Waals surface area contributed by atoms with Gasteiger partial charge in [-0.3, -0.25) is 19.4 Å². The Balaban J connectivity index is 1.38. The molecule has 2 fully saturated rings. The third kappa shape index (κ3) is 4.79. The highest BCUT2D eigenvalue weighted by Crippen LogP contribution is 2.10. The summed E-state index contributed by atoms with van der Waals surface area (Å²) in [7, 11) is 0. The molecule has 1 aromatic rings. The van der Waals surface area contributed by atoms with Gasteiger partial charge in [0.25, 0.3) is 0 Å². The number of nitrogens with zero attached hydrogens (tertiary/aromatic N) is 5. The van der Waals surface area contributed by atoms with Gasteiger partial charge in [-0.1, -0.05) is 5.16 Å².